The molecule has 1 aliphatic heterocycles. The molecule has 5 rings (SSSR count). The molecule has 3 aromatic rings. The van der Waals surface area contributed by atoms with Crippen molar-refractivity contribution in [2.24, 2.45) is 0 Å². The number of carbonyl (C=O) groups is 1. The summed E-state index contributed by atoms with van der Waals surface area (Å²) in [5.74, 6) is 0.235. The lowest BCUT2D eigenvalue weighted by molar-refractivity contribution is -0.111. The van der Waals surface area contributed by atoms with E-state index in [1.54, 1.807) is 24.3 Å². The lowest BCUT2D eigenvalue weighted by Crippen LogP contribution is -2.11. The van der Waals surface area contributed by atoms with Gasteiger partial charge in [-0.1, -0.05) is 24.1 Å². The third-order valence-corrected chi connectivity index (χ3v) is 6.48. The van der Waals surface area contributed by atoms with Gasteiger partial charge in [0.05, 0.1) is 23.3 Å². The summed E-state index contributed by atoms with van der Waals surface area (Å²) in [5.41, 5.74) is 1.70. The quantitative estimate of drug-likeness (QED) is 0.380. The van der Waals surface area contributed by atoms with Crippen LogP contribution in [0.2, 0.25) is 5.02 Å². The van der Waals surface area contributed by atoms with Crippen LogP contribution in [-0.4, -0.2) is 46.5 Å². The number of nitrogens with zero attached hydrogens (tertiary/aromatic N) is 3. The van der Waals surface area contributed by atoms with Crippen molar-refractivity contribution < 1.29 is 13.9 Å². The van der Waals surface area contributed by atoms with Crippen molar-refractivity contribution in [2.75, 3.05) is 24.3 Å². The average Bonchev–Trinajstić information content (AvgIpc) is 3.22. The van der Waals surface area contributed by atoms with Crippen LogP contribution >= 0.6 is 11.6 Å². The Morgan fingerprint density at radius 2 is 2.09 bits per heavy atom. The maximum Gasteiger partial charge on any atom is 0.248 e. The molecule has 1 saturated heterocycles. The molecule has 33 heavy (non-hydrogen) atoms. The number of amides is 1. The van der Waals surface area contributed by atoms with Crippen molar-refractivity contribution in [3.8, 4) is 5.75 Å². The molecule has 1 aliphatic carbocycles. The lowest BCUT2D eigenvalue weighted by atomic mass is 10.1. The van der Waals surface area contributed by atoms with E-state index in [1.807, 2.05) is 6.08 Å². The minimum atomic E-state index is -0.501. The van der Waals surface area contributed by atoms with Gasteiger partial charge in [0.15, 0.2) is 0 Å². The van der Waals surface area contributed by atoms with Crippen molar-refractivity contribution in [1.82, 2.24) is 14.9 Å². The molecule has 2 atom stereocenters. The van der Waals surface area contributed by atoms with Crippen molar-refractivity contribution in [2.45, 2.75) is 31.3 Å². The van der Waals surface area contributed by atoms with Crippen LogP contribution in [0.25, 0.3) is 10.9 Å². The van der Waals surface area contributed by atoms with E-state index in [2.05, 4.69) is 25.5 Å². The molecule has 2 N–H and O–H groups in total. The molecular formula is C24H23ClFN5O2. The van der Waals surface area contributed by atoms with E-state index < -0.39 is 5.82 Å². The predicted molar refractivity (Wildman–Crippen MR) is 127 cm³/mol. The number of anilines is 3. The van der Waals surface area contributed by atoms with Gasteiger partial charge in [0.25, 0.3) is 0 Å². The number of likely N-dealkylation sites (tertiary alicyclic amines) is 1. The highest BCUT2D eigenvalue weighted by atomic mass is 35.5. The van der Waals surface area contributed by atoms with Crippen LogP contribution in [0.1, 0.15) is 19.3 Å². The van der Waals surface area contributed by atoms with Crippen molar-refractivity contribution >= 4 is 45.6 Å². The van der Waals surface area contributed by atoms with Crippen LogP contribution in [-0.2, 0) is 4.79 Å². The number of rotatable bonds is 7. The van der Waals surface area contributed by atoms with Crippen LogP contribution in [0.4, 0.5) is 21.6 Å². The second-order valence-corrected chi connectivity index (χ2v) is 8.61. The topological polar surface area (TPSA) is 79.2 Å². The van der Waals surface area contributed by atoms with Gasteiger partial charge >= 0.3 is 0 Å². The molecule has 170 valence electrons. The molecule has 0 radical (unpaired) electrons. The van der Waals surface area contributed by atoms with E-state index in [-0.39, 0.29) is 10.9 Å². The third-order valence-electron chi connectivity index (χ3n) is 6.19. The second-order valence-electron chi connectivity index (χ2n) is 8.20. The zero-order valence-corrected chi connectivity index (χ0v) is 18.8. The van der Waals surface area contributed by atoms with E-state index in [9.17, 15) is 9.18 Å². The van der Waals surface area contributed by atoms with Gasteiger partial charge in [-0.05, 0) is 37.1 Å². The SMILES string of the molecule is COc1cc2ncnc(Nc3ccc(F)c(Cl)c3)c2cc1NC(=O)C=CCN1C2CCCC21. The molecule has 0 bridgehead atoms. The highest BCUT2D eigenvalue weighted by Crippen LogP contribution is 2.41. The number of hydrogen-bond acceptors (Lipinski definition) is 6. The molecular weight excluding hydrogens is 445 g/mol. The Balaban J connectivity index is 1.35. The fourth-order valence-electron chi connectivity index (χ4n) is 4.53. The first kappa shape index (κ1) is 21.6. The molecule has 1 saturated carbocycles. The minimum absolute atomic E-state index is 0.00548. The Kier molecular flexibility index (Phi) is 5.86. The smallest absolute Gasteiger partial charge is 0.248 e. The normalized spacial score (nSPS) is 21.2. The number of hydrogen-bond donors (Lipinski definition) is 2. The highest BCUT2D eigenvalue weighted by molar-refractivity contribution is 6.31. The number of benzene rings is 2. The first-order valence-corrected chi connectivity index (χ1v) is 11.2. The van der Waals surface area contributed by atoms with E-state index in [4.69, 9.17) is 16.3 Å². The standard InChI is InChI=1S/C24H23ClFN5O2/c1-33-22-12-18-15(24(28-13-27-18)29-14-7-8-17(26)16(25)10-14)11-19(22)30-23(32)6-3-9-31-20-4-2-5-21(20)31/h3,6-8,10-13,20-21H,2,4-5,9H2,1H3,(H,30,32)(H,27,28,29). The third kappa shape index (κ3) is 4.49. The minimum Gasteiger partial charge on any atom is -0.494 e. The summed E-state index contributed by atoms with van der Waals surface area (Å²) < 4.78 is 19.0. The lowest BCUT2D eigenvalue weighted by Gasteiger charge is -2.13. The summed E-state index contributed by atoms with van der Waals surface area (Å²) in [4.78, 5) is 23.6. The number of methoxy groups -OCH3 is 1. The van der Waals surface area contributed by atoms with Crippen LogP contribution in [0.5, 0.6) is 5.75 Å². The molecule has 2 unspecified atom stereocenters. The van der Waals surface area contributed by atoms with Gasteiger partial charge in [-0.15, -0.1) is 0 Å². The van der Waals surface area contributed by atoms with Gasteiger partial charge in [-0.3, -0.25) is 9.69 Å². The number of aromatic nitrogens is 2. The highest BCUT2D eigenvalue weighted by Gasteiger charge is 2.49. The fraction of sp³-hybridized carbons (Fsp3) is 0.292. The summed E-state index contributed by atoms with van der Waals surface area (Å²) in [6, 6.07) is 9.22. The zero-order valence-electron chi connectivity index (χ0n) is 18.0. The molecule has 2 fully saturated rings. The molecule has 0 spiro atoms. The summed E-state index contributed by atoms with van der Waals surface area (Å²) in [6.45, 7) is 0.791. The Labute approximate surface area is 195 Å². The number of ether oxygens (including phenoxy) is 1. The van der Waals surface area contributed by atoms with Gasteiger partial charge in [0.1, 0.15) is 23.7 Å². The first-order valence-electron chi connectivity index (χ1n) is 10.8. The van der Waals surface area contributed by atoms with Gasteiger partial charge in [0.2, 0.25) is 5.91 Å². The Hall–Kier alpha value is -3.23. The predicted octanol–water partition coefficient (Wildman–Crippen LogP) is 4.91. The average molecular weight is 468 g/mol. The van der Waals surface area contributed by atoms with E-state index in [0.717, 1.165) is 6.54 Å². The number of nitrogens with one attached hydrogen (secondary N) is 2. The first-order chi connectivity index (χ1) is 16.0. The maximum absolute atomic E-state index is 13.5. The van der Waals surface area contributed by atoms with Crippen molar-refractivity contribution in [1.29, 1.82) is 0 Å². The van der Waals surface area contributed by atoms with Crippen LogP contribution < -0.4 is 15.4 Å². The molecule has 2 aliphatic rings. The van der Waals surface area contributed by atoms with Gasteiger partial charge in [0, 0.05) is 41.8 Å². The summed E-state index contributed by atoms with van der Waals surface area (Å²) in [5, 5.41) is 6.68. The number of piperidine rings is 1. The summed E-state index contributed by atoms with van der Waals surface area (Å²) in [7, 11) is 1.53. The Morgan fingerprint density at radius 1 is 1.27 bits per heavy atom. The molecule has 1 aromatic heterocycles. The number of carbonyl (C=O) groups excluding carboxylic acids is 1. The molecule has 2 heterocycles. The van der Waals surface area contributed by atoms with Crippen molar-refractivity contribution in [3.63, 3.8) is 0 Å². The van der Waals surface area contributed by atoms with Gasteiger partial charge in [-0.25, -0.2) is 14.4 Å². The Morgan fingerprint density at radius 3 is 2.85 bits per heavy atom. The van der Waals surface area contributed by atoms with E-state index in [0.29, 0.717) is 45.9 Å². The monoisotopic (exact) mass is 467 g/mol. The Bertz CT molecular complexity index is 1240. The van der Waals surface area contributed by atoms with E-state index in [1.165, 1.54) is 44.8 Å². The fourth-order valence-corrected chi connectivity index (χ4v) is 4.71. The maximum atomic E-state index is 13.5. The second kappa shape index (κ2) is 8.96. The van der Waals surface area contributed by atoms with Gasteiger partial charge in [-0.2, -0.15) is 0 Å². The zero-order chi connectivity index (χ0) is 22.9. The summed E-state index contributed by atoms with van der Waals surface area (Å²) >= 11 is 5.89. The van der Waals surface area contributed by atoms with Crippen LogP contribution in [0, 0.1) is 5.82 Å². The molecule has 7 nitrogen and oxygen atoms in total. The van der Waals surface area contributed by atoms with Crippen LogP contribution in [0.15, 0.2) is 48.8 Å². The summed E-state index contributed by atoms with van der Waals surface area (Å²) in [6.07, 6.45) is 8.71. The molecule has 2 aromatic carbocycles. The van der Waals surface area contributed by atoms with E-state index >= 15 is 0 Å². The van der Waals surface area contributed by atoms with Gasteiger partial charge < -0.3 is 15.4 Å². The number of halogens is 2. The largest absolute Gasteiger partial charge is 0.494 e. The molecule has 9 heteroatoms. The van der Waals surface area contributed by atoms with Crippen LogP contribution in [0.3, 0.4) is 0 Å². The van der Waals surface area contributed by atoms with Crippen molar-refractivity contribution in [3.05, 3.63) is 59.7 Å². The number of fused-ring (bicyclic) bond motifs is 2. The molecule has 1 amide bonds.